The Morgan fingerprint density at radius 2 is 1.64 bits per heavy atom. The third-order valence-corrected chi connectivity index (χ3v) is 4.03. The number of rotatable bonds is 5. The van der Waals surface area contributed by atoms with Crippen LogP contribution >= 0.6 is 0 Å². The van der Waals surface area contributed by atoms with E-state index in [1.165, 1.54) is 21.3 Å². The zero-order valence-corrected chi connectivity index (χ0v) is 13.2. The highest BCUT2D eigenvalue weighted by atomic mass is 16.5. The van der Waals surface area contributed by atoms with Gasteiger partial charge in [0.1, 0.15) is 28.9 Å². The van der Waals surface area contributed by atoms with Gasteiger partial charge in [0.25, 0.3) is 0 Å². The molecule has 6 heteroatoms. The smallest absolute Gasteiger partial charge is 0.316 e. The molecule has 1 aliphatic carbocycles. The van der Waals surface area contributed by atoms with Crippen LogP contribution in [0.5, 0.6) is 17.2 Å². The van der Waals surface area contributed by atoms with Crippen molar-refractivity contribution in [2.45, 2.75) is 18.8 Å². The molecule has 1 fully saturated rings. The largest absolute Gasteiger partial charge is 0.496 e. The number of esters is 1. The van der Waals surface area contributed by atoms with Gasteiger partial charge in [-0.25, -0.2) is 0 Å². The molecule has 0 saturated heterocycles. The lowest BCUT2D eigenvalue weighted by Gasteiger charge is -2.22. The number of hydrogen-bond donors (Lipinski definition) is 0. The number of carbonyl (C=O) groups is 2. The third kappa shape index (κ3) is 2.73. The molecule has 0 radical (unpaired) electrons. The minimum absolute atomic E-state index is 0.114. The van der Waals surface area contributed by atoms with Gasteiger partial charge in [-0.2, -0.15) is 0 Å². The van der Waals surface area contributed by atoms with Crippen LogP contribution in [0.1, 0.15) is 24.3 Å². The first-order valence-corrected chi connectivity index (χ1v) is 6.97. The summed E-state index contributed by atoms with van der Waals surface area (Å²) in [4.78, 5) is 24.1. The number of hydrogen-bond acceptors (Lipinski definition) is 6. The van der Waals surface area contributed by atoms with Crippen LogP contribution < -0.4 is 14.2 Å². The Morgan fingerprint density at radius 1 is 1.05 bits per heavy atom. The quantitative estimate of drug-likeness (QED) is 0.611. The number of benzene rings is 1. The molecular formula is C16H20O6. The molecule has 0 spiro atoms. The van der Waals surface area contributed by atoms with Gasteiger partial charge >= 0.3 is 5.97 Å². The highest BCUT2D eigenvalue weighted by molar-refractivity contribution is 6.02. The summed E-state index contributed by atoms with van der Waals surface area (Å²) in [5.74, 6) is -0.132. The zero-order chi connectivity index (χ0) is 16.3. The number of carbonyl (C=O) groups excluding carboxylic acids is 2. The summed E-state index contributed by atoms with van der Waals surface area (Å²) in [6.45, 7) is 0. The van der Waals surface area contributed by atoms with E-state index in [0.29, 0.717) is 35.7 Å². The maximum atomic E-state index is 12.1. The van der Waals surface area contributed by atoms with E-state index in [4.69, 9.17) is 18.9 Å². The molecule has 1 saturated carbocycles. The second kappa shape index (κ2) is 6.68. The van der Waals surface area contributed by atoms with Crippen LogP contribution in [0, 0.1) is 5.92 Å². The Balaban J connectivity index is 2.54. The Morgan fingerprint density at radius 3 is 2.09 bits per heavy atom. The van der Waals surface area contributed by atoms with Crippen LogP contribution in [0.4, 0.5) is 0 Å². The highest BCUT2D eigenvalue weighted by Crippen LogP contribution is 2.47. The van der Waals surface area contributed by atoms with Crippen LogP contribution in [0.15, 0.2) is 12.1 Å². The summed E-state index contributed by atoms with van der Waals surface area (Å²) in [5, 5.41) is 0. The van der Waals surface area contributed by atoms with Crippen molar-refractivity contribution < 1.29 is 28.5 Å². The molecule has 0 heterocycles. The van der Waals surface area contributed by atoms with Gasteiger partial charge in [0, 0.05) is 30.0 Å². The van der Waals surface area contributed by atoms with Crippen molar-refractivity contribution in [3.8, 4) is 17.2 Å². The van der Waals surface area contributed by atoms with Gasteiger partial charge in [-0.15, -0.1) is 0 Å². The highest BCUT2D eigenvalue weighted by Gasteiger charge is 2.44. The number of ketones is 1. The fraction of sp³-hybridized carbons (Fsp3) is 0.500. The van der Waals surface area contributed by atoms with Crippen LogP contribution in [-0.4, -0.2) is 40.2 Å². The van der Waals surface area contributed by atoms with Crippen LogP contribution in [0.3, 0.4) is 0 Å². The first-order chi connectivity index (χ1) is 10.6. The monoisotopic (exact) mass is 308 g/mol. The third-order valence-electron chi connectivity index (χ3n) is 4.03. The number of ether oxygens (including phenoxy) is 4. The lowest BCUT2D eigenvalue weighted by Crippen LogP contribution is -2.25. The molecule has 0 amide bonds. The second-order valence-corrected chi connectivity index (χ2v) is 5.06. The normalized spacial score (nSPS) is 20.6. The van der Waals surface area contributed by atoms with Crippen molar-refractivity contribution in [1.29, 1.82) is 0 Å². The van der Waals surface area contributed by atoms with Crippen LogP contribution in [-0.2, 0) is 14.3 Å². The Bertz CT molecular complexity index is 555. The molecule has 0 aliphatic heterocycles. The van der Waals surface area contributed by atoms with Crippen molar-refractivity contribution in [2.24, 2.45) is 5.92 Å². The topological polar surface area (TPSA) is 71.1 Å². The van der Waals surface area contributed by atoms with E-state index in [0.717, 1.165) is 0 Å². The fourth-order valence-corrected chi connectivity index (χ4v) is 2.98. The zero-order valence-electron chi connectivity index (χ0n) is 13.2. The van der Waals surface area contributed by atoms with E-state index in [9.17, 15) is 9.59 Å². The van der Waals surface area contributed by atoms with E-state index in [-0.39, 0.29) is 11.7 Å². The van der Waals surface area contributed by atoms with Crippen molar-refractivity contribution in [1.82, 2.24) is 0 Å². The maximum Gasteiger partial charge on any atom is 0.316 e. The summed E-state index contributed by atoms with van der Waals surface area (Å²) in [6.07, 6.45) is 0.889. The summed E-state index contributed by atoms with van der Waals surface area (Å²) in [5.41, 5.74) is 0.701. The van der Waals surface area contributed by atoms with Gasteiger partial charge < -0.3 is 18.9 Å². The molecule has 22 heavy (non-hydrogen) atoms. The van der Waals surface area contributed by atoms with Crippen molar-refractivity contribution >= 4 is 11.8 Å². The maximum absolute atomic E-state index is 12.1. The molecule has 0 unspecified atom stereocenters. The van der Waals surface area contributed by atoms with E-state index < -0.39 is 11.9 Å². The van der Waals surface area contributed by atoms with E-state index in [1.807, 2.05) is 0 Å². The van der Waals surface area contributed by atoms with Crippen LogP contribution in [0.25, 0.3) is 0 Å². The minimum Gasteiger partial charge on any atom is -0.496 e. The van der Waals surface area contributed by atoms with Gasteiger partial charge in [0.05, 0.1) is 28.4 Å². The van der Waals surface area contributed by atoms with E-state index in [2.05, 4.69) is 0 Å². The Kier molecular flexibility index (Phi) is 4.90. The molecule has 0 N–H and O–H groups in total. The molecule has 0 bridgehead atoms. The molecule has 1 aromatic carbocycles. The molecule has 2 rings (SSSR count). The van der Waals surface area contributed by atoms with Crippen molar-refractivity contribution in [3.05, 3.63) is 17.7 Å². The summed E-state index contributed by atoms with van der Waals surface area (Å²) >= 11 is 0. The van der Waals surface area contributed by atoms with Crippen molar-refractivity contribution in [2.75, 3.05) is 28.4 Å². The van der Waals surface area contributed by atoms with Crippen LogP contribution in [0.2, 0.25) is 0 Å². The van der Waals surface area contributed by atoms with Gasteiger partial charge in [0.15, 0.2) is 0 Å². The molecule has 6 nitrogen and oxygen atoms in total. The molecule has 0 aromatic heterocycles. The van der Waals surface area contributed by atoms with E-state index >= 15 is 0 Å². The van der Waals surface area contributed by atoms with Gasteiger partial charge in [-0.3, -0.25) is 9.59 Å². The summed E-state index contributed by atoms with van der Waals surface area (Å²) in [7, 11) is 5.89. The minimum atomic E-state index is -0.818. The first kappa shape index (κ1) is 16.1. The van der Waals surface area contributed by atoms with E-state index in [1.54, 1.807) is 19.2 Å². The molecular weight excluding hydrogens is 288 g/mol. The van der Waals surface area contributed by atoms with Gasteiger partial charge in [0.2, 0.25) is 0 Å². The predicted molar refractivity (Wildman–Crippen MR) is 78.6 cm³/mol. The lowest BCUT2D eigenvalue weighted by atomic mass is 9.87. The van der Waals surface area contributed by atoms with Crippen molar-refractivity contribution in [3.63, 3.8) is 0 Å². The molecule has 120 valence electrons. The van der Waals surface area contributed by atoms with Gasteiger partial charge in [-0.1, -0.05) is 0 Å². The Labute approximate surface area is 129 Å². The summed E-state index contributed by atoms with van der Waals surface area (Å²) < 4.78 is 20.8. The summed E-state index contributed by atoms with van der Waals surface area (Å²) in [6, 6.07) is 3.43. The SMILES string of the molecule is COC(=O)[C@H]1C(=O)CC[C@@H]1c1c(OC)cc(OC)cc1OC. The average molecular weight is 308 g/mol. The average Bonchev–Trinajstić information content (AvgIpc) is 2.93. The molecule has 1 aromatic rings. The standard InChI is InChI=1S/C16H20O6/c1-19-9-7-12(20-2)15(13(8-9)21-3)10-5-6-11(17)14(10)16(18)22-4/h7-8,10,14H,5-6H2,1-4H3/t10-,14+/m0/s1. The second-order valence-electron chi connectivity index (χ2n) is 5.06. The molecule has 1 aliphatic rings. The number of methoxy groups -OCH3 is 4. The number of Topliss-reactive ketones (excluding diaryl/α,β-unsaturated/α-hetero) is 1. The Hall–Kier alpha value is -2.24. The molecule has 2 atom stereocenters. The predicted octanol–water partition coefficient (Wildman–Crippen LogP) is 1.95. The lowest BCUT2D eigenvalue weighted by molar-refractivity contribution is -0.148. The fourth-order valence-electron chi connectivity index (χ4n) is 2.98. The van der Waals surface area contributed by atoms with Gasteiger partial charge in [-0.05, 0) is 6.42 Å². The first-order valence-electron chi connectivity index (χ1n) is 6.97.